The summed E-state index contributed by atoms with van der Waals surface area (Å²) >= 11 is 0. The molecule has 0 aromatic heterocycles. The fraction of sp³-hybridized carbons (Fsp3) is 0.588. The number of amides is 1. The molecular weight excluding hydrogens is 376 g/mol. The predicted octanol–water partition coefficient (Wildman–Crippen LogP) is 1.33. The highest BCUT2D eigenvalue weighted by Crippen LogP contribution is 2.24. The Balaban J connectivity index is 2.17. The first kappa shape index (κ1) is 20.9. The van der Waals surface area contributed by atoms with Crippen LogP contribution >= 0.6 is 0 Å². The lowest BCUT2D eigenvalue weighted by molar-refractivity contribution is 0.0956. The van der Waals surface area contributed by atoms with Gasteiger partial charge in [-0.1, -0.05) is 19.4 Å². The van der Waals surface area contributed by atoms with Gasteiger partial charge in [0.15, 0.2) is 9.84 Å². The molecule has 1 heterocycles. The van der Waals surface area contributed by atoms with Gasteiger partial charge in [0, 0.05) is 31.0 Å². The van der Waals surface area contributed by atoms with Gasteiger partial charge >= 0.3 is 0 Å². The molecule has 1 saturated heterocycles. The Morgan fingerprint density at radius 3 is 2.38 bits per heavy atom. The molecule has 1 aliphatic rings. The van der Waals surface area contributed by atoms with Crippen LogP contribution in [-0.2, 0) is 19.9 Å². The maximum absolute atomic E-state index is 12.9. The molecule has 146 valence electrons. The van der Waals surface area contributed by atoms with E-state index in [1.807, 2.05) is 0 Å². The molecule has 1 N–H and O–H groups in total. The van der Waals surface area contributed by atoms with Crippen LogP contribution in [-0.4, -0.2) is 58.2 Å². The molecule has 1 fully saturated rings. The van der Waals surface area contributed by atoms with Crippen LogP contribution in [0.25, 0.3) is 0 Å². The van der Waals surface area contributed by atoms with Crippen LogP contribution in [0.2, 0.25) is 0 Å². The Morgan fingerprint density at radius 1 is 1.12 bits per heavy atom. The van der Waals surface area contributed by atoms with E-state index >= 15 is 0 Å². The molecule has 1 amide bonds. The third kappa shape index (κ3) is 5.05. The van der Waals surface area contributed by atoms with Gasteiger partial charge in [-0.2, -0.15) is 4.31 Å². The van der Waals surface area contributed by atoms with Crippen LogP contribution in [0.15, 0.2) is 23.1 Å². The maximum atomic E-state index is 12.9. The Kier molecular flexibility index (Phi) is 6.81. The fourth-order valence-electron chi connectivity index (χ4n) is 2.83. The number of carbonyl (C=O) groups excluding carboxylic acids is 1. The maximum Gasteiger partial charge on any atom is 0.251 e. The SMILES string of the molecule is CCS(=O)(=O)CCNC(=O)c1ccc(C)c(S(=O)(=O)N2CCCCC2)c1. The largest absolute Gasteiger partial charge is 0.351 e. The molecule has 0 aliphatic carbocycles. The number of nitrogens with zero attached hydrogens (tertiary/aromatic N) is 1. The van der Waals surface area contributed by atoms with Crippen LogP contribution in [0.4, 0.5) is 0 Å². The molecule has 26 heavy (non-hydrogen) atoms. The number of hydrogen-bond acceptors (Lipinski definition) is 5. The van der Waals surface area contributed by atoms with Gasteiger partial charge < -0.3 is 5.32 Å². The summed E-state index contributed by atoms with van der Waals surface area (Å²) in [5, 5.41) is 2.54. The zero-order valence-electron chi connectivity index (χ0n) is 15.2. The smallest absolute Gasteiger partial charge is 0.251 e. The summed E-state index contributed by atoms with van der Waals surface area (Å²) in [6, 6.07) is 4.53. The highest BCUT2D eigenvalue weighted by Gasteiger charge is 2.28. The van der Waals surface area contributed by atoms with E-state index in [-0.39, 0.29) is 28.5 Å². The van der Waals surface area contributed by atoms with E-state index in [1.165, 1.54) is 10.4 Å². The minimum absolute atomic E-state index is 0.00289. The zero-order valence-corrected chi connectivity index (χ0v) is 16.8. The van der Waals surface area contributed by atoms with E-state index in [0.29, 0.717) is 18.7 Å². The molecule has 0 spiro atoms. The van der Waals surface area contributed by atoms with Gasteiger partial charge in [0.2, 0.25) is 10.0 Å². The fourth-order valence-corrected chi connectivity index (χ4v) is 5.30. The van der Waals surface area contributed by atoms with Crippen molar-refractivity contribution in [2.45, 2.75) is 38.0 Å². The van der Waals surface area contributed by atoms with E-state index in [0.717, 1.165) is 19.3 Å². The van der Waals surface area contributed by atoms with Gasteiger partial charge in [0.05, 0.1) is 10.6 Å². The summed E-state index contributed by atoms with van der Waals surface area (Å²) in [4.78, 5) is 12.4. The van der Waals surface area contributed by atoms with Crippen LogP contribution in [0.3, 0.4) is 0 Å². The molecule has 0 atom stereocenters. The third-order valence-electron chi connectivity index (χ3n) is 4.52. The summed E-state index contributed by atoms with van der Waals surface area (Å²) in [5.41, 5.74) is 0.792. The molecular formula is C17H26N2O5S2. The number of nitrogens with one attached hydrogen (secondary N) is 1. The lowest BCUT2D eigenvalue weighted by Crippen LogP contribution is -2.36. The first-order valence-corrected chi connectivity index (χ1v) is 12.0. The quantitative estimate of drug-likeness (QED) is 0.742. The second kappa shape index (κ2) is 8.49. The second-order valence-corrected chi connectivity index (χ2v) is 10.8. The topological polar surface area (TPSA) is 101 Å². The average molecular weight is 403 g/mol. The number of rotatable bonds is 7. The molecule has 2 rings (SSSR count). The van der Waals surface area contributed by atoms with E-state index in [1.54, 1.807) is 26.0 Å². The van der Waals surface area contributed by atoms with Crippen molar-refractivity contribution >= 4 is 25.8 Å². The monoisotopic (exact) mass is 402 g/mol. The van der Waals surface area contributed by atoms with Gasteiger partial charge in [-0.15, -0.1) is 0 Å². The lowest BCUT2D eigenvalue weighted by atomic mass is 10.1. The van der Waals surface area contributed by atoms with Crippen molar-refractivity contribution in [3.05, 3.63) is 29.3 Å². The van der Waals surface area contributed by atoms with E-state index in [9.17, 15) is 21.6 Å². The molecule has 1 aromatic rings. The number of hydrogen-bond donors (Lipinski definition) is 1. The van der Waals surface area contributed by atoms with Gasteiger partial charge in [0.25, 0.3) is 5.91 Å². The highest BCUT2D eigenvalue weighted by atomic mass is 32.2. The van der Waals surface area contributed by atoms with Crippen molar-refractivity contribution in [3.63, 3.8) is 0 Å². The second-order valence-electron chi connectivity index (χ2n) is 6.44. The van der Waals surface area contributed by atoms with Crippen molar-refractivity contribution in [1.29, 1.82) is 0 Å². The number of aryl methyl sites for hydroxylation is 1. The van der Waals surface area contributed by atoms with E-state index < -0.39 is 25.8 Å². The van der Waals surface area contributed by atoms with E-state index in [2.05, 4.69) is 5.32 Å². The molecule has 0 radical (unpaired) electrons. The Hall–Kier alpha value is -1.45. The van der Waals surface area contributed by atoms with Crippen molar-refractivity contribution in [1.82, 2.24) is 9.62 Å². The minimum atomic E-state index is -3.64. The average Bonchev–Trinajstić information content (AvgIpc) is 2.62. The van der Waals surface area contributed by atoms with Gasteiger partial charge in [0.1, 0.15) is 0 Å². The highest BCUT2D eigenvalue weighted by molar-refractivity contribution is 7.91. The van der Waals surface area contributed by atoms with Crippen LogP contribution in [0.5, 0.6) is 0 Å². The van der Waals surface area contributed by atoms with E-state index in [4.69, 9.17) is 0 Å². The molecule has 0 unspecified atom stereocenters. The van der Waals surface area contributed by atoms with Crippen molar-refractivity contribution in [3.8, 4) is 0 Å². The van der Waals surface area contributed by atoms with Crippen LogP contribution < -0.4 is 5.32 Å². The standard InChI is InChI=1S/C17H26N2O5S2/c1-3-25(21,22)12-9-18-17(20)15-8-7-14(2)16(13-15)26(23,24)19-10-5-4-6-11-19/h7-8,13H,3-6,9-12H2,1-2H3,(H,18,20). The molecule has 1 aliphatic heterocycles. The summed E-state index contributed by atoms with van der Waals surface area (Å²) in [7, 11) is -6.81. The molecule has 1 aromatic carbocycles. The van der Waals surface area contributed by atoms with Crippen molar-refractivity contribution < 1.29 is 21.6 Å². The first-order chi connectivity index (χ1) is 12.2. The number of sulfonamides is 1. The zero-order chi connectivity index (χ0) is 19.4. The summed E-state index contributed by atoms with van der Waals surface area (Å²) in [6.45, 7) is 4.23. The predicted molar refractivity (Wildman–Crippen MR) is 100 cm³/mol. The Labute approximate surface area is 155 Å². The number of carbonyl (C=O) groups is 1. The van der Waals surface area contributed by atoms with Gasteiger partial charge in [-0.05, 0) is 37.5 Å². The number of benzene rings is 1. The van der Waals surface area contributed by atoms with Crippen LogP contribution in [0.1, 0.15) is 42.1 Å². The number of sulfone groups is 1. The first-order valence-electron chi connectivity index (χ1n) is 8.77. The minimum Gasteiger partial charge on any atom is -0.351 e. The summed E-state index contributed by atoms with van der Waals surface area (Å²) in [5.74, 6) is -0.600. The molecule has 0 bridgehead atoms. The summed E-state index contributed by atoms with van der Waals surface area (Å²) < 4.78 is 50.2. The van der Waals surface area contributed by atoms with Gasteiger partial charge in [-0.25, -0.2) is 16.8 Å². The molecule has 9 heteroatoms. The Morgan fingerprint density at radius 2 is 1.77 bits per heavy atom. The third-order valence-corrected chi connectivity index (χ3v) is 8.27. The van der Waals surface area contributed by atoms with Gasteiger partial charge in [-0.3, -0.25) is 4.79 Å². The molecule has 7 nitrogen and oxygen atoms in total. The van der Waals surface area contributed by atoms with Crippen molar-refractivity contribution in [2.24, 2.45) is 0 Å². The normalized spacial score (nSPS) is 16.4. The number of piperidine rings is 1. The lowest BCUT2D eigenvalue weighted by Gasteiger charge is -2.26. The summed E-state index contributed by atoms with van der Waals surface area (Å²) in [6.07, 6.45) is 2.70. The van der Waals surface area contributed by atoms with Crippen molar-refractivity contribution in [2.75, 3.05) is 31.1 Å². The Bertz CT molecular complexity index is 857. The van der Waals surface area contributed by atoms with Crippen LogP contribution in [0, 0.1) is 6.92 Å². The molecule has 0 saturated carbocycles.